The van der Waals surface area contributed by atoms with Crippen molar-refractivity contribution in [1.29, 1.82) is 0 Å². The molecular formula is C17H23BrN2S. The minimum absolute atomic E-state index is 0.0985. The van der Waals surface area contributed by atoms with Gasteiger partial charge in [-0.25, -0.2) is 4.98 Å². The van der Waals surface area contributed by atoms with Crippen LogP contribution in [0.3, 0.4) is 0 Å². The Morgan fingerprint density at radius 1 is 1.33 bits per heavy atom. The zero-order valence-electron chi connectivity index (χ0n) is 13.1. The van der Waals surface area contributed by atoms with Crippen LogP contribution in [0.25, 0.3) is 0 Å². The molecular weight excluding hydrogens is 344 g/mol. The Bertz CT molecular complexity index is 586. The third kappa shape index (κ3) is 4.38. The van der Waals surface area contributed by atoms with Gasteiger partial charge >= 0.3 is 0 Å². The topological polar surface area (TPSA) is 24.9 Å². The zero-order chi connectivity index (χ0) is 15.5. The minimum atomic E-state index is 0.0985. The maximum Gasteiger partial charge on any atom is 0.114 e. The molecule has 1 heterocycles. The first-order chi connectivity index (χ1) is 9.91. The third-order valence-electron chi connectivity index (χ3n) is 3.32. The number of thiazole rings is 1. The molecule has 1 atom stereocenters. The van der Waals surface area contributed by atoms with Crippen LogP contribution in [0.5, 0.6) is 0 Å². The molecule has 1 N–H and O–H groups in total. The molecule has 0 radical (unpaired) electrons. The summed E-state index contributed by atoms with van der Waals surface area (Å²) in [6, 6.07) is 8.65. The van der Waals surface area contributed by atoms with Crippen LogP contribution in [-0.2, 0) is 5.41 Å². The van der Waals surface area contributed by atoms with Crippen molar-refractivity contribution >= 4 is 27.3 Å². The Morgan fingerprint density at radius 3 is 2.67 bits per heavy atom. The molecule has 2 aromatic rings. The summed E-state index contributed by atoms with van der Waals surface area (Å²) in [5.41, 5.74) is 2.52. The summed E-state index contributed by atoms with van der Waals surface area (Å²) in [6.45, 7) is 9.80. The Morgan fingerprint density at radius 2 is 2.10 bits per heavy atom. The average molecular weight is 367 g/mol. The van der Waals surface area contributed by atoms with Crippen LogP contribution in [-0.4, -0.2) is 11.5 Å². The quantitative estimate of drug-likeness (QED) is 0.777. The first-order valence-electron chi connectivity index (χ1n) is 7.36. The summed E-state index contributed by atoms with van der Waals surface area (Å²) >= 11 is 5.31. The lowest BCUT2D eigenvalue weighted by Crippen LogP contribution is -2.23. The highest BCUT2D eigenvalue weighted by Gasteiger charge is 2.22. The standard InChI is InChI=1S/C17H23BrN2S/c1-5-9-19-15(12-7-6-8-13(18)10-12)16-20-14(11-21-16)17(2,3)4/h6-8,10-11,15,19H,5,9H2,1-4H3. The van der Waals surface area contributed by atoms with Crippen molar-refractivity contribution in [3.63, 3.8) is 0 Å². The maximum absolute atomic E-state index is 4.88. The SMILES string of the molecule is CCCNC(c1cccc(Br)c1)c1nc(C(C)(C)C)cs1. The van der Waals surface area contributed by atoms with E-state index in [1.54, 1.807) is 11.3 Å². The van der Waals surface area contributed by atoms with E-state index in [0.29, 0.717) is 0 Å². The second kappa shape index (κ2) is 7.03. The van der Waals surface area contributed by atoms with E-state index in [4.69, 9.17) is 4.98 Å². The number of hydrogen-bond acceptors (Lipinski definition) is 3. The summed E-state index contributed by atoms with van der Waals surface area (Å²) in [5, 5.41) is 6.95. The fraction of sp³-hybridized carbons (Fsp3) is 0.471. The predicted molar refractivity (Wildman–Crippen MR) is 95.1 cm³/mol. The van der Waals surface area contributed by atoms with Crippen molar-refractivity contribution in [2.75, 3.05) is 6.54 Å². The molecule has 21 heavy (non-hydrogen) atoms. The molecule has 0 spiro atoms. The fourth-order valence-corrected chi connectivity index (χ4v) is 3.65. The Hall–Kier alpha value is -0.710. The van der Waals surface area contributed by atoms with E-state index in [1.165, 1.54) is 11.3 Å². The van der Waals surface area contributed by atoms with Crippen molar-refractivity contribution in [3.05, 3.63) is 50.4 Å². The molecule has 4 heteroatoms. The molecule has 0 aliphatic rings. The van der Waals surface area contributed by atoms with Crippen LogP contribution >= 0.6 is 27.3 Å². The first-order valence-corrected chi connectivity index (χ1v) is 9.04. The highest BCUT2D eigenvalue weighted by molar-refractivity contribution is 9.10. The van der Waals surface area contributed by atoms with E-state index < -0.39 is 0 Å². The van der Waals surface area contributed by atoms with E-state index in [9.17, 15) is 0 Å². The molecule has 2 rings (SSSR count). The average Bonchev–Trinajstić information content (AvgIpc) is 2.89. The van der Waals surface area contributed by atoms with Gasteiger partial charge in [-0.1, -0.05) is 55.8 Å². The van der Waals surface area contributed by atoms with Gasteiger partial charge in [0.2, 0.25) is 0 Å². The van der Waals surface area contributed by atoms with Crippen molar-refractivity contribution in [1.82, 2.24) is 10.3 Å². The maximum atomic E-state index is 4.88. The van der Waals surface area contributed by atoms with Crippen molar-refractivity contribution in [2.24, 2.45) is 0 Å². The van der Waals surface area contributed by atoms with Crippen molar-refractivity contribution in [3.8, 4) is 0 Å². The summed E-state index contributed by atoms with van der Waals surface area (Å²) in [5.74, 6) is 0. The van der Waals surface area contributed by atoms with Gasteiger partial charge in [0.1, 0.15) is 5.01 Å². The lowest BCUT2D eigenvalue weighted by molar-refractivity contribution is 0.557. The van der Waals surface area contributed by atoms with Gasteiger partial charge in [-0.15, -0.1) is 11.3 Å². The summed E-state index contributed by atoms with van der Waals surface area (Å²) in [4.78, 5) is 4.88. The molecule has 1 unspecified atom stereocenters. The van der Waals surface area contributed by atoms with Gasteiger partial charge in [-0.2, -0.15) is 0 Å². The van der Waals surface area contributed by atoms with Gasteiger partial charge in [-0.3, -0.25) is 0 Å². The zero-order valence-corrected chi connectivity index (χ0v) is 15.5. The van der Waals surface area contributed by atoms with E-state index in [2.05, 4.69) is 78.6 Å². The van der Waals surface area contributed by atoms with E-state index in [1.807, 2.05) is 0 Å². The Labute approximate surface area is 140 Å². The van der Waals surface area contributed by atoms with Crippen molar-refractivity contribution < 1.29 is 0 Å². The molecule has 0 aliphatic carbocycles. The Balaban J connectivity index is 2.34. The first kappa shape index (κ1) is 16.7. The molecule has 0 saturated heterocycles. The molecule has 2 nitrogen and oxygen atoms in total. The Kier molecular flexibility index (Phi) is 5.58. The van der Waals surface area contributed by atoms with Gasteiger partial charge in [0.25, 0.3) is 0 Å². The normalized spacial score (nSPS) is 13.4. The number of aromatic nitrogens is 1. The van der Waals surface area contributed by atoms with Crippen LogP contribution in [0, 0.1) is 0 Å². The van der Waals surface area contributed by atoms with Crippen LogP contribution in [0.2, 0.25) is 0 Å². The third-order valence-corrected chi connectivity index (χ3v) is 4.72. The number of nitrogens with one attached hydrogen (secondary N) is 1. The molecule has 0 aliphatic heterocycles. The van der Waals surface area contributed by atoms with Gasteiger partial charge in [0.05, 0.1) is 11.7 Å². The number of rotatable bonds is 5. The number of nitrogens with zero attached hydrogens (tertiary/aromatic N) is 1. The summed E-state index contributed by atoms with van der Waals surface area (Å²) in [7, 11) is 0. The van der Waals surface area contributed by atoms with E-state index in [0.717, 1.165) is 22.4 Å². The summed E-state index contributed by atoms with van der Waals surface area (Å²) in [6.07, 6.45) is 1.11. The molecule has 1 aromatic heterocycles. The monoisotopic (exact) mass is 366 g/mol. The lowest BCUT2D eigenvalue weighted by Gasteiger charge is -2.18. The van der Waals surface area contributed by atoms with E-state index >= 15 is 0 Å². The van der Waals surface area contributed by atoms with Crippen LogP contribution in [0.15, 0.2) is 34.1 Å². The van der Waals surface area contributed by atoms with Gasteiger partial charge < -0.3 is 5.32 Å². The minimum Gasteiger partial charge on any atom is -0.304 e. The number of benzene rings is 1. The molecule has 114 valence electrons. The van der Waals surface area contributed by atoms with Gasteiger partial charge in [-0.05, 0) is 30.7 Å². The van der Waals surface area contributed by atoms with E-state index in [-0.39, 0.29) is 11.5 Å². The molecule has 0 amide bonds. The van der Waals surface area contributed by atoms with Crippen LogP contribution < -0.4 is 5.32 Å². The smallest absolute Gasteiger partial charge is 0.114 e. The second-order valence-electron chi connectivity index (χ2n) is 6.26. The molecule has 0 saturated carbocycles. The molecule has 1 aromatic carbocycles. The van der Waals surface area contributed by atoms with Gasteiger partial charge in [0.15, 0.2) is 0 Å². The lowest BCUT2D eigenvalue weighted by atomic mass is 9.93. The predicted octanol–water partition coefficient (Wildman–Crippen LogP) is 5.29. The highest BCUT2D eigenvalue weighted by atomic mass is 79.9. The molecule has 0 bridgehead atoms. The molecule has 0 fully saturated rings. The fourth-order valence-electron chi connectivity index (χ4n) is 2.09. The number of hydrogen-bond donors (Lipinski definition) is 1. The van der Waals surface area contributed by atoms with Crippen LogP contribution in [0.4, 0.5) is 0 Å². The van der Waals surface area contributed by atoms with Crippen molar-refractivity contribution in [2.45, 2.75) is 45.6 Å². The largest absolute Gasteiger partial charge is 0.304 e. The highest BCUT2D eigenvalue weighted by Crippen LogP contribution is 2.30. The summed E-state index contributed by atoms with van der Waals surface area (Å²) < 4.78 is 1.11. The number of halogens is 1. The van der Waals surface area contributed by atoms with Crippen LogP contribution in [0.1, 0.15) is 56.4 Å². The van der Waals surface area contributed by atoms with Gasteiger partial charge in [0, 0.05) is 15.3 Å². The second-order valence-corrected chi connectivity index (χ2v) is 8.07.